The van der Waals surface area contributed by atoms with Gasteiger partial charge in [0.15, 0.2) is 0 Å². The second-order valence-corrected chi connectivity index (χ2v) is 5.79. The molecule has 2 aromatic carbocycles. The number of halogens is 1. The van der Waals surface area contributed by atoms with E-state index in [-0.39, 0.29) is 17.5 Å². The highest BCUT2D eigenvalue weighted by molar-refractivity contribution is 5.94. The zero-order valence-corrected chi connectivity index (χ0v) is 13.3. The maximum atomic E-state index is 14.0. The van der Waals surface area contributed by atoms with Gasteiger partial charge in [0.25, 0.3) is 5.91 Å². The lowest BCUT2D eigenvalue weighted by atomic mass is 10.00. The Hall–Kier alpha value is -2.20. The Morgan fingerprint density at radius 1 is 1.22 bits per heavy atom. The van der Waals surface area contributed by atoms with Crippen molar-refractivity contribution in [3.8, 4) is 0 Å². The minimum atomic E-state index is -0.462. The molecule has 1 heterocycles. The molecule has 0 spiro atoms. The zero-order valence-electron chi connectivity index (χ0n) is 13.3. The van der Waals surface area contributed by atoms with Gasteiger partial charge in [-0.05, 0) is 29.7 Å². The van der Waals surface area contributed by atoms with Gasteiger partial charge in [-0.3, -0.25) is 4.79 Å². The molecule has 0 radical (unpaired) electrons. The highest BCUT2D eigenvalue weighted by Crippen LogP contribution is 2.25. The molecular formula is C19H21FN2O. The van der Waals surface area contributed by atoms with Crippen molar-refractivity contribution in [2.24, 2.45) is 0 Å². The molecule has 1 atom stereocenters. The number of hydrogen-bond donors (Lipinski definition) is 1. The number of carbonyl (C=O) groups excluding carboxylic acids is 1. The minimum absolute atomic E-state index is 0.0678. The summed E-state index contributed by atoms with van der Waals surface area (Å²) in [5, 5.41) is 3.33. The first-order valence-corrected chi connectivity index (χ1v) is 8.05. The van der Waals surface area contributed by atoms with Crippen molar-refractivity contribution in [3.05, 3.63) is 71.0 Å². The average molecular weight is 312 g/mol. The lowest BCUT2D eigenvalue weighted by molar-refractivity contribution is 0.0629. The number of aryl methyl sites for hydroxylation is 1. The topological polar surface area (TPSA) is 32.3 Å². The van der Waals surface area contributed by atoms with Crippen LogP contribution in [0.3, 0.4) is 0 Å². The fourth-order valence-corrected chi connectivity index (χ4v) is 3.01. The highest BCUT2D eigenvalue weighted by Gasteiger charge is 2.29. The Morgan fingerprint density at radius 3 is 2.65 bits per heavy atom. The van der Waals surface area contributed by atoms with Crippen molar-refractivity contribution >= 4 is 5.91 Å². The standard InChI is InChI=1S/C19H21FN2O/c1-2-14-7-9-15(10-8-14)18-13-21-11-12-22(18)19(23)16-5-3-4-6-17(16)20/h3-10,18,21H,2,11-13H2,1H3. The van der Waals surface area contributed by atoms with Crippen molar-refractivity contribution in [3.63, 3.8) is 0 Å². The predicted molar refractivity (Wildman–Crippen MR) is 88.9 cm³/mol. The molecule has 1 saturated heterocycles. The quantitative estimate of drug-likeness (QED) is 0.944. The van der Waals surface area contributed by atoms with Gasteiger partial charge in [0.05, 0.1) is 11.6 Å². The summed E-state index contributed by atoms with van der Waals surface area (Å²) in [6.45, 7) is 4.11. The van der Waals surface area contributed by atoms with Gasteiger partial charge >= 0.3 is 0 Å². The molecule has 23 heavy (non-hydrogen) atoms. The second-order valence-electron chi connectivity index (χ2n) is 5.79. The van der Waals surface area contributed by atoms with Gasteiger partial charge in [-0.2, -0.15) is 0 Å². The fraction of sp³-hybridized carbons (Fsp3) is 0.316. The van der Waals surface area contributed by atoms with Crippen LogP contribution in [0.2, 0.25) is 0 Å². The van der Waals surface area contributed by atoms with E-state index in [9.17, 15) is 9.18 Å². The van der Waals surface area contributed by atoms with Crippen LogP contribution in [-0.4, -0.2) is 30.4 Å². The molecule has 1 aliphatic rings. The van der Waals surface area contributed by atoms with Crippen molar-refractivity contribution in [2.75, 3.05) is 19.6 Å². The molecule has 0 bridgehead atoms. The van der Waals surface area contributed by atoms with Crippen LogP contribution in [0.15, 0.2) is 48.5 Å². The van der Waals surface area contributed by atoms with Crippen molar-refractivity contribution in [1.82, 2.24) is 10.2 Å². The van der Waals surface area contributed by atoms with Crippen molar-refractivity contribution < 1.29 is 9.18 Å². The smallest absolute Gasteiger partial charge is 0.257 e. The van der Waals surface area contributed by atoms with Crippen LogP contribution in [0, 0.1) is 5.82 Å². The lowest BCUT2D eigenvalue weighted by Crippen LogP contribution is -2.48. The molecule has 3 nitrogen and oxygen atoms in total. The van der Waals surface area contributed by atoms with Crippen LogP contribution in [0.1, 0.15) is 34.5 Å². The summed E-state index contributed by atoms with van der Waals surface area (Å²) in [6, 6.07) is 14.4. The fourth-order valence-electron chi connectivity index (χ4n) is 3.01. The van der Waals surface area contributed by atoms with E-state index in [0.29, 0.717) is 13.1 Å². The average Bonchev–Trinajstić information content (AvgIpc) is 2.62. The van der Waals surface area contributed by atoms with E-state index in [0.717, 1.165) is 18.5 Å². The number of hydrogen-bond acceptors (Lipinski definition) is 2. The zero-order chi connectivity index (χ0) is 16.2. The van der Waals surface area contributed by atoms with E-state index < -0.39 is 5.82 Å². The minimum Gasteiger partial charge on any atom is -0.329 e. The maximum absolute atomic E-state index is 14.0. The highest BCUT2D eigenvalue weighted by atomic mass is 19.1. The molecule has 3 rings (SSSR count). The number of nitrogens with one attached hydrogen (secondary N) is 1. The van der Waals surface area contributed by atoms with Crippen LogP contribution < -0.4 is 5.32 Å². The molecule has 120 valence electrons. The normalized spacial score (nSPS) is 18.0. The molecule has 4 heteroatoms. The number of benzene rings is 2. The largest absolute Gasteiger partial charge is 0.329 e. The Balaban J connectivity index is 1.89. The Labute approximate surface area is 136 Å². The van der Waals surface area contributed by atoms with E-state index in [4.69, 9.17) is 0 Å². The van der Waals surface area contributed by atoms with Gasteiger partial charge in [0, 0.05) is 19.6 Å². The molecule has 1 aliphatic heterocycles. The number of piperazine rings is 1. The van der Waals surface area contributed by atoms with Crippen LogP contribution in [0.25, 0.3) is 0 Å². The van der Waals surface area contributed by atoms with Gasteiger partial charge in [-0.25, -0.2) is 4.39 Å². The number of amides is 1. The lowest BCUT2D eigenvalue weighted by Gasteiger charge is -2.36. The van der Waals surface area contributed by atoms with Crippen molar-refractivity contribution in [2.45, 2.75) is 19.4 Å². The SMILES string of the molecule is CCc1ccc(C2CNCCN2C(=O)c2ccccc2F)cc1. The monoisotopic (exact) mass is 312 g/mol. The van der Waals surface area contributed by atoms with E-state index in [1.165, 1.54) is 11.6 Å². The van der Waals surface area contributed by atoms with Crippen LogP contribution in [0.4, 0.5) is 4.39 Å². The van der Waals surface area contributed by atoms with Crippen molar-refractivity contribution in [1.29, 1.82) is 0 Å². The van der Waals surface area contributed by atoms with Gasteiger partial charge in [0.2, 0.25) is 0 Å². The molecule has 0 saturated carbocycles. The van der Waals surface area contributed by atoms with Gasteiger partial charge < -0.3 is 10.2 Å². The first-order chi connectivity index (χ1) is 11.2. The number of rotatable bonds is 3. The molecule has 2 aromatic rings. The first-order valence-electron chi connectivity index (χ1n) is 8.05. The Morgan fingerprint density at radius 2 is 1.96 bits per heavy atom. The Bertz CT molecular complexity index is 684. The molecule has 0 aliphatic carbocycles. The summed E-state index contributed by atoms with van der Waals surface area (Å²) in [5.74, 6) is -0.703. The predicted octanol–water partition coefficient (Wildman–Crippen LogP) is 3.17. The summed E-state index contributed by atoms with van der Waals surface area (Å²) in [4.78, 5) is 14.6. The summed E-state index contributed by atoms with van der Waals surface area (Å²) >= 11 is 0. The molecule has 1 amide bonds. The third kappa shape index (κ3) is 3.27. The number of nitrogens with zero attached hydrogens (tertiary/aromatic N) is 1. The van der Waals surface area contributed by atoms with Gasteiger partial charge in [0.1, 0.15) is 5.82 Å². The molecular weight excluding hydrogens is 291 g/mol. The third-order valence-corrected chi connectivity index (χ3v) is 4.38. The summed E-state index contributed by atoms with van der Waals surface area (Å²) in [5.41, 5.74) is 2.49. The summed E-state index contributed by atoms with van der Waals surface area (Å²) in [7, 11) is 0. The van der Waals surface area contributed by atoms with Crippen LogP contribution in [0.5, 0.6) is 0 Å². The molecule has 0 aromatic heterocycles. The molecule has 1 unspecified atom stereocenters. The van der Waals surface area contributed by atoms with E-state index >= 15 is 0 Å². The van der Waals surface area contributed by atoms with Crippen LogP contribution in [-0.2, 0) is 6.42 Å². The summed E-state index contributed by atoms with van der Waals surface area (Å²) in [6.07, 6.45) is 0.987. The molecule has 1 fully saturated rings. The van der Waals surface area contributed by atoms with E-state index in [1.54, 1.807) is 23.1 Å². The second kappa shape index (κ2) is 6.92. The third-order valence-electron chi connectivity index (χ3n) is 4.38. The van der Waals surface area contributed by atoms with E-state index in [1.807, 2.05) is 0 Å². The summed E-state index contributed by atoms with van der Waals surface area (Å²) < 4.78 is 14.0. The van der Waals surface area contributed by atoms with Gasteiger partial charge in [-0.1, -0.05) is 43.3 Å². The maximum Gasteiger partial charge on any atom is 0.257 e. The van der Waals surface area contributed by atoms with Gasteiger partial charge in [-0.15, -0.1) is 0 Å². The molecule has 1 N–H and O–H groups in total. The first kappa shape index (κ1) is 15.7. The Kier molecular flexibility index (Phi) is 4.72. The van der Waals surface area contributed by atoms with E-state index in [2.05, 4.69) is 36.5 Å². The van der Waals surface area contributed by atoms with Crippen LogP contribution >= 0.6 is 0 Å². The number of carbonyl (C=O) groups is 1.